The van der Waals surface area contributed by atoms with Crippen LogP contribution in [0.3, 0.4) is 0 Å². The number of rotatable bonds is 14. The fourth-order valence-corrected chi connectivity index (χ4v) is 8.23. The van der Waals surface area contributed by atoms with Gasteiger partial charge in [0, 0.05) is 42.1 Å². The van der Waals surface area contributed by atoms with E-state index < -0.39 is 20.4 Å². The van der Waals surface area contributed by atoms with Crippen molar-refractivity contribution in [2.24, 2.45) is 57.3 Å². The second kappa shape index (κ2) is 20.4. The zero-order valence-electron chi connectivity index (χ0n) is 30.3. The molecule has 0 radical (unpaired) electrons. The van der Waals surface area contributed by atoms with Crippen LogP contribution in [-0.4, -0.2) is 60.4 Å². The molecule has 0 spiro atoms. The van der Waals surface area contributed by atoms with Gasteiger partial charge in [-0.1, -0.05) is 55.4 Å². The van der Waals surface area contributed by atoms with E-state index in [1.807, 2.05) is 0 Å². The first kappa shape index (κ1) is 43.8. The van der Waals surface area contributed by atoms with Crippen LogP contribution in [0, 0.1) is 67.6 Å². The van der Waals surface area contributed by atoms with Gasteiger partial charge < -0.3 is 4.43 Å². The average molecular weight is 841 g/mol. The van der Waals surface area contributed by atoms with Crippen LogP contribution in [-0.2, 0) is 15.3 Å². The molecular formula is C33H62Br2N4NiO5Si. The third kappa shape index (κ3) is 13.9. The van der Waals surface area contributed by atoms with Gasteiger partial charge in [-0.15, -0.1) is 0 Å². The summed E-state index contributed by atoms with van der Waals surface area (Å²) in [5.41, 5.74) is 1.91. The third-order valence-electron chi connectivity index (χ3n) is 10.1. The van der Waals surface area contributed by atoms with Crippen LogP contribution in [0.25, 0.3) is 0 Å². The molecule has 0 heterocycles. The van der Waals surface area contributed by atoms with Gasteiger partial charge in [-0.05, 0) is 86.7 Å². The molecule has 4 unspecified atom stereocenters. The third-order valence-corrected chi connectivity index (χ3v) is 11.2. The molecule has 2 aliphatic carbocycles. The van der Waals surface area contributed by atoms with Gasteiger partial charge >= 0.3 is 39.3 Å². The van der Waals surface area contributed by atoms with Crippen molar-refractivity contribution < 1.29 is 25.2 Å². The van der Waals surface area contributed by atoms with E-state index in [4.69, 9.17) is 14.4 Å². The van der Waals surface area contributed by atoms with Crippen LogP contribution in [0.15, 0.2) is 9.98 Å². The van der Waals surface area contributed by atoms with Crippen molar-refractivity contribution >= 4 is 48.2 Å². The van der Waals surface area contributed by atoms with Gasteiger partial charge in [0.15, 0.2) is 8.32 Å². The van der Waals surface area contributed by atoms with E-state index in [0.29, 0.717) is 32.3 Å². The van der Waals surface area contributed by atoms with E-state index in [9.17, 15) is 20.2 Å². The zero-order chi connectivity index (χ0) is 35.5. The molecule has 9 nitrogen and oxygen atoms in total. The Morgan fingerprint density at radius 1 is 0.761 bits per heavy atom. The van der Waals surface area contributed by atoms with Crippen LogP contribution in [0.4, 0.5) is 0 Å². The normalized spacial score (nSPS) is 29.8. The number of nitrogens with zero attached hydrogens (tertiary/aromatic N) is 4. The Bertz CT molecular complexity index is 988. The molecule has 13 heteroatoms. The summed E-state index contributed by atoms with van der Waals surface area (Å²) in [7, 11) is -0.403. The Morgan fingerprint density at radius 3 is 1.37 bits per heavy atom. The topological polar surface area (TPSA) is 120 Å². The van der Waals surface area contributed by atoms with Gasteiger partial charge in [-0.3, -0.25) is 30.2 Å². The molecule has 4 atom stereocenters. The summed E-state index contributed by atoms with van der Waals surface area (Å²) in [4.78, 5) is 34.6. The Balaban J connectivity index is 0.00000338. The quantitative estimate of drug-likeness (QED) is 0.0567. The summed E-state index contributed by atoms with van der Waals surface area (Å²) >= 11 is 6.00. The molecule has 272 valence electrons. The van der Waals surface area contributed by atoms with Crippen molar-refractivity contribution in [2.45, 2.75) is 145 Å². The molecule has 0 aliphatic heterocycles. The van der Waals surface area contributed by atoms with E-state index in [1.54, 1.807) is 0 Å². The van der Waals surface area contributed by atoms with E-state index in [0.717, 1.165) is 24.3 Å². The summed E-state index contributed by atoms with van der Waals surface area (Å²) in [5, 5.41) is 23.8. The Kier molecular flexibility index (Phi) is 19.5. The molecule has 0 aromatic rings. The van der Waals surface area contributed by atoms with Gasteiger partial charge in [0.2, 0.25) is 12.1 Å². The SMILES string of the molecule is CC(=NC1C(C(C)C)CC([N+](=O)[O-])CC1C(C)C)C(CCCO[Si](C)(C)C)=NC1C(C(C)C)CC([N+](=O)[O-])CC1C(C)C.[Br][Ni][Br]. The molecule has 2 fully saturated rings. The fourth-order valence-electron chi connectivity index (χ4n) is 7.47. The molecule has 46 heavy (non-hydrogen) atoms. The van der Waals surface area contributed by atoms with Crippen molar-refractivity contribution in [1.29, 1.82) is 0 Å². The molecule has 0 saturated heterocycles. The van der Waals surface area contributed by atoms with Crippen LogP contribution >= 0.6 is 28.5 Å². The van der Waals surface area contributed by atoms with Crippen LogP contribution in [0.5, 0.6) is 0 Å². The van der Waals surface area contributed by atoms with E-state index in [2.05, 4.69) is 110 Å². The van der Waals surface area contributed by atoms with Gasteiger partial charge in [-0.25, -0.2) is 0 Å². The van der Waals surface area contributed by atoms with Crippen molar-refractivity contribution in [2.75, 3.05) is 6.61 Å². The second-order valence-electron chi connectivity index (χ2n) is 15.8. The Labute approximate surface area is 300 Å². The maximum atomic E-state index is 11.9. The summed E-state index contributed by atoms with van der Waals surface area (Å²) < 4.78 is 6.20. The van der Waals surface area contributed by atoms with Crippen LogP contribution < -0.4 is 0 Å². The van der Waals surface area contributed by atoms with Crippen molar-refractivity contribution in [3.63, 3.8) is 0 Å². The van der Waals surface area contributed by atoms with E-state index in [-0.39, 0.29) is 69.3 Å². The molecule has 2 rings (SSSR count). The van der Waals surface area contributed by atoms with Crippen LogP contribution in [0.1, 0.15) is 101 Å². The first-order chi connectivity index (χ1) is 21.2. The zero-order valence-corrected chi connectivity index (χ0v) is 35.4. The first-order valence-corrected chi connectivity index (χ1v) is 25.4. The molecule has 0 bridgehead atoms. The van der Waals surface area contributed by atoms with Crippen molar-refractivity contribution in [3.05, 3.63) is 20.2 Å². The van der Waals surface area contributed by atoms with E-state index >= 15 is 0 Å². The van der Waals surface area contributed by atoms with Crippen LogP contribution in [0.2, 0.25) is 19.6 Å². The number of halogens is 2. The molecular weight excluding hydrogens is 779 g/mol. The summed E-state index contributed by atoms with van der Waals surface area (Å²) in [6, 6.07) is -1.04. The summed E-state index contributed by atoms with van der Waals surface area (Å²) in [6.07, 6.45) is 3.81. The second-order valence-corrected chi connectivity index (χ2v) is 25.3. The molecule has 2 saturated carbocycles. The maximum absolute atomic E-state index is 11.9. The Morgan fingerprint density at radius 2 is 1.09 bits per heavy atom. The molecule has 2 aliphatic rings. The predicted octanol–water partition coefficient (Wildman–Crippen LogP) is 9.91. The molecule has 0 N–H and O–H groups in total. The van der Waals surface area contributed by atoms with Gasteiger partial charge in [0.25, 0.3) is 0 Å². The molecule has 0 amide bonds. The minimum atomic E-state index is -1.65. The standard InChI is InChI=1S/C33H62N4O5Si.2BrH.Ni/c1-20(2)27-16-25(36(38)39)17-28(21(3)4)32(27)34-24(9)31(14-13-15-42-43(10,11)12)35-33-29(22(5)6)18-26(37(40)41)19-30(33)23(7)8;;;/h20-23,25-30,32-33H,13-19H2,1-12H3;2*1H;/q;;;+2/p-2. The minimum absolute atomic E-state index is 0.00118. The van der Waals surface area contributed by atoms with Gasteiger partial charge in [-0.2, -0.15) is 0 Å². The molecule has 0 aromatic carbocycles. The van der Waals surface area contributed by atoms with Gasteiger partial charge in [0.1, 0.15) is 0 Å². The van der Waals surface area contributed by atoms with Crippen molar-refractivity contribution in [3.8, 4) is 0 Å². The van der Waals surface area contributed by atoms with Gasteiger partial charge in [0.05, 0.1) is 23.5 Å². The number of hydrogen-bond acceptors (Lipinski definition) is 7. The van der Waals surface area contributed by atoms with Crippen molar-refractivity contribution in [1.82, 2.24) is 0 Å². The first-order valence-electron chi connectivity index (χ1n) is 17.1. The summed E-state index contributed by atoms with van der Waals surface area (Å²) in [5.74, 6) is 1.63. The fraction of sp³-hybridized carbons (Fsp3) is 0.939. The van der Waals surface area contributed by atoms with E-state index in [1.165, 1.54) is 10.9 Å². The Hall–Kier alpha value is -0.230. The number of nitro groups is 2. The summed E-state index contributed by atoms with van der Waals surface area (Å²) in [6.45, 7) is 26.7. The average Bonchev–Trinajstić information content (AvgIpc) is 2.93. The number of hydrogen-bond donors (Lipinski definition) is 0. The monoisotopic (exact) mass is 838 g/mol. The predicted molar refractivity (Wildman–Crippen MR) is 198 cm³/mol. The number of aliphatic imine (C=N–C) groups is 2. The molecule has 0 aromatic heterocycles.